The molecule has 1 unspecified atom stereocenters. The smallest absolute Gasteiger partial charge is 0.332 e. The van der Waals surface area contributed by atoms with Gasteiger partial charge in [-0.2, -0.15) is 0 Å². The van der Waals surface area contributed by atoms with Crippen LogP contribution in [0.1, 0.15) is 90.4 Å². The van der Waals surface area contributed by atoms with Crippen LogP contribution in [0.3, 0.4) is 0 Å². The van der Waals surface area contributed by atoms with Gasteiger partial charge in [-0.15, -0.1) is 0 Å². The van der Waals surface area contributed by atoms with Gasteiger partial charge < -0.3 is 16.6 Å². The standard InChI is InChI=1S/C18H34N2O4/c1-2-3-4-5-6-7-8-9-10-11-12-13-15(21)18(20,17(23)24)14-16(19)22/h2-14,20H2,1H3,(H2,19,22)(H,23,24). The quantitative estimate of drug-likeness (QED) is 0.294. The first-order valence-electron chi connectivity index (χ1n) is 9.18. The lowest BCUT2D eigenvalue weighted by Crippen LogP contribution is -2.57. The van der Waals surface area contributed by atoms with Gasteiger partial charge in [0.2, 0.25) is 5.91 Å². The number of ketones is 1. The Bertz CT molecular complexity index is 398. The third-order valence-electron chi connectivity index (χ3n) is 4.34. The van der Waals surface area contributed by atoms with Crippen molar-refractivity contribution in [2.75, 3.05) is 0 Å². The molecule has 0 heterocycles. The van der Waals surface area contributed by atoms with Crippen LogP contribution in [0.25, 0.3) is 0 Å². The molecule has 0 radical (unpaired) electrons. The van der Waals surface area contributed by atoms with Crippen LogP contribution in [-0.2, 0) is 14.4 Å². The third-order valence-corrected chi connectivity index (χ3v) is 4.34. The molecule has 0 aliphatic carbocycles. The Kier molecular flexibility index (Phi) is 12.2. The SMILES string of the molecule is CCCCCCCCCCCCCC(=O)C(N)(CC(N)=O)C(=O)O. The van der Waals surface area contributed by atoms with E-state index in [0.29, 0.717) is 6.42 Å². The molecule has 6 nitrogen and oxygen atoms in total. The number of amides is 1. The average molecular weight is 342 g/mol. The van der Waals surface area contributed by atoms with Crippen molar-refractivity contribution in [3.8, 4) is 0 Å². The Balaban J connectivity index is 3.77. The van der Waals surface area contributed by atoms with Gasteiger partial charge in [-0.05, 0) is 6.42 Å². The highest BCUT2D eigenvalue weighted by Gasteiger charge is 2.42. The lowest BCUT2D eigenvalue weighted by molar-refractivity contribution is -0.150. The van der Waals surface area contributed by atoms with E-state index < -0.39 is 29.6 Å². The molecule has 0 aromatic carbocycles. The molecule has 0 bridgehead atoms. The molecule has 5 N–H and O–H groups in total. The lowest BCUT2D eigenvalue weighted by Gasteiger charge is -2.21. The fraction of sp³-hybridized carbons (Fsp3) is 0.833. The fourth-order valence-corrected chi connectivity index (χ4v) is 2.74. The van der Waals surface area contributed by atoms with Gasteiger partial charge >= 0.3 is 5.97 Å². The summed E-state index contributed by atoms with van der Waals surface area (Å²) in [4.78, 5) is 34.0. The number of aliphatic carboxylic acids is 1. The third kappa shape index (κ3) is 9.65. The molecule has 0 aromatic rings. The first-order valence-corrected chi connectivity index (χ1v) is 9.18. The second kappa shape index (κ2) is 12.9. The van der Waals surface area contributed by atoms with Crippen LogP contribution >= 0.6 is 0 Å². The number of carbonyl (C=O) groups excluding carboxylic acids is 2. The molecule has 0 fully saturated rings. The number of rotatable bonds is 16. The molecule has 1 atom stereocenters. The van der Waals surface area contributed by atoms with Crippen molar-refractivity contribution in [2.45, 2.75) is 95.9 Å². The van der Waals surface area contributed by atoms with E-state index in [2.05, 4.69) is 6.92 Å². The molecule has 140 valence electrons. The highest BCUT2D eigenvalue weighted by atomic mass is 16.4. The Morgan fingerprint density at radius 2 is 1.25 bits per heavy atom. The van der Waals surface area contributed by atoms with Crippen molar-refractivity contribution >= 4 is 17.7 Å². The highest BCUT2D eigenvalue weighted by molar-refractivity contribution is 6.10. The summed E-state index contributed by atoms with van der Waals surface area (Å²) in [6.45, 7) is 2.21. The molecule has 24 heavy (non-hydrogen) atoms. The minimum absolute atomic E-state index is 0.0765. The van der Waals surface area contributed by atoms with E-state index in [4.69, 9.17) is 16.6 Å². The number of Topliss-reactive ketones (excluding diaryl/α,β-unsaturated/α-hetero) is 1. The van der Waals surface area contributed by atoms with Crippen molar-refractivity contribution in [1.82, 2.24) is 0 Å². The van der Waals surface area contributed by atoms with Crippen LogP contribution in [-0.4, -0.2) is 28.3 Å². The van der Waals surface area contributed by atoms with Crippen LogP contribution in [0, 0.1) is 0 Å². The second-order valence-corrected chi connectivity index (χ2v) is 6.63. The molecule has 0 saturated carbocycles. The molecule has 0 aromatic heterocycles. The van der Waals surface area contributed by atoms with Crippen molar-refractivity contribution < 1.29 is 19.5 Å². The van der Waals surface area contributed by atoms with E-state index in [1.807, 2.05) is 0 Å². The van der Waals surface area contributed by atoms with E-state index >= 15 is 0 Å². The zero-order valence-corrected chi connectivity index (χ0v) is 15.0. The van der Waals surface area contributed by atoms with Gasteiger partial charge in [-0.25, -0.2) is 4.79 Å². The van der Waals surface area contributed by atoms with E-state index in [9.17, 15) is 14.4 Å². The molecule has 0 spiro atoms. The van der Waals surface area contributed by atoms with Crippen LogP contribution in [0.4, 0.5) is 0 Å². The van der Waals surface area contributed by atoms with Crippen molar-refractivity contribution in [3.05, 3.63) is 0 Å². The maximum Gasteiger partial charge on any atom is 0.332 e. The van der Waals surface area contributed by atoms with Gasteiger partial charge in [0, 0.05) is 6.42 Å². The second-order valence-electron chi connectivity index (χ2n) is 6.63. The number of carboxylic acids is 1. The van der Waals surface area contributed by atoms with Gasteiger partial charge in [-0.3, -0.25) is 9.59 Å². The maximum absolute atomic E-state index is 12.0. The number of primary amides is 1. The van der Waals surface area contributed by atoms with E-state index in [1.165, 1.54) is 44.9 Å². The normalized spacial score (nSPS) is 13.4. The Morgan fingerprint density at radius 1 is 0.833 bits per heavy atom. The molecule has 0 rings (SSSR count). The summed E-state index contributed by atoms with van der Waals surface area (Å²) in [6, 6.07) is 0. The van der Waals surface area contributed by atoms with Crippen molar-refractivity contribution in [3.63, 3.8) is 0 Å². The Labute approximate surface area is 145 Å². The number of hydrogen-bond acceptors (Lipinski definition) is 4. The summed E-state index contributed by atoms with van der Waals surface area (Å²) >= 11 is 0. The van der Waals surface area contributed by atoms with E-state index in [-0.39, 0.29) is 6.42 Å². The average Bonchev–Trinajstić information content (AvgIpc) is 2.51. The summed E-state index contributed by atoms with van der Waals surface area (Å²) < 4.78 is 0. The summed E-state index contributed by atoms with van der Waals surface area (Å²) in [6.07, 6.45) is 12.0. The minimum atomic E-state index is -2.18. The molecule has 0 aliphatic heterocycles. The van der Waals surface area contributed by atoms with Crippen LogP contribution < -0.4 is 11.5 Å². The summed E-state index contributed by atoms with van der Waals surface area (Å²) in [5.74, 6) is -2.99. The number of nitrogens with two attached hydrogens (primary N) is 2. The van der Waals surface area contributed by atoms with Crippen LogP contribution in [0.5, 0.6) is 0 Å². The zero-order valence-electron chi connectivity index (χ0n) is 15.0. The van der Waals surface area contributed by atoms with E-state index in [0.717, 1.165) is 19.3 Å². The minimum Gasteiger partial charge on any atom is -0.480 e. The summed E-state index contributed by atoms with van der Waals surface area (Å²) in [7, 11) is 0. The van der Waals surface area contributed by atoms with Gasteiger partial charge in [0.25, 0.3) is 0 Å². The van der Waals surface area contributed by atoms with Crippen molar-refractivity contribution in [2.24, 2.45) is 11.5 Å². The Morgan fingerprint density at radius 3 is 1.62 bits per heavy atom. The van der Waals surface area contributed by atoms with Gasteiger partial charge in [0.05, 0.1) is 6.42 Å². The Hall–Kier alpha value is -1.43. The monoisotopic (exact) mass is 342 g/mol. The number of carbonyl (C=O) groups is 3. The zero-order chi connectivity index (χ0) is 18.4. The first kappa shape index (κ1) is 22.6. The van der Waals surface area contributed by atoms with Crippen LogP contribution in [0.2, 0.25) is 0 Å². The molecule has 6 heteroatoms. The topological polar surface area (TPSA) is 123 Å². The number of carboxylic acid groups (broad SMARTS) is 1. The predicted octanol–water partition coefficient (Wildman–Crippen LogP) is 2.91. The summed E-state index contributed by atoms with van der Waals surface area (Å²) in [5.41, 5.74) is 8.37. The molecule has 1 amide bonds. The van der Waals surface area contributed by atoms with Gasteiger partial charge in [0.15, 0.2) is 11.3 Å². The number of unbranched alkanes of at least 4 members (excludes halogenated alkanes) is 10. The maximum atomic E-state index is 12.0. The predicted molar refractivity (Wildman–Crippen MR) is 94.5 cm³/mol. The molecular formula is C18H34N2O4. The van der Waals surface area contributed by atoms with Gasteiger partial charge in [-0.1, -0.05) is 71.1 Å². The first-order chi connectivity index (χ1) is 11.3. The fourth-order valence-electron chi connectivity index (χ4n) is 2.74. The number of hydrogen-bond donors (Lipinski definition) is 3. The highest BCUT2D eigenvalue weighted by Crippen LogP contribution is 2.16. The largest absolute Gasteiger partial charge is 0.480 e. The van der Waals surface area contributed by atoms with Crippen LogP contribution in [0.15, 0.2) is 0 Å². The molecular weight excluding hydrogens is 308 g/mol. The summed E-state index contributed by atoms with van der Waals surface area (Å²) in [5, 5.41) is 9.08. The molecule has 0 aliphatic rings. The van der Waals surface area contributed by atoms with E-state index in [1.54, 1.807) is 0 Å². The molecule has 0 saturated heterocycles. The van der Waals surface area contributed by atoms with Crippen molar-refractivity contribution in [1.29, 1.82) is 0 Å². The lowest BCUT2D eigenvalue weighted by atomic mass is 9.88. The van der Waals surface area contributed by atoms with Gasteiger partial charge in [0.1, 0.15) is 0 Å².